The summed E-state index contributed by atoms with van der Waals surface area (Å²) in [5.74, 6) is 0.915. The second kappa shape index (κ2) is 5.89. The molecule has 1 aromatic rings. The molecule has 0 amide bonds. The highest BCUT2D eigenvalue weighted by Crippen LogP contribution is 2.30. The minimum Gasteiger partial charge on any atom is -0.489 e. The molecule has 2 rings (SSSR count). The summed E-state index contributed by atoms with van der Waals surface area (Å²) in [6, 6.07) is 8.38. The van der Waals surface area contributed by atoms with Crippen molar-refractivity contribution in [2.45, 2.75) is 12.5 Å². The number of hydrogen-bond donors (Lipinski definition) is 1. The molecular weight excluding hydrogens is 216 g/mol. The lowest BCUT2D eigenvalue weighted by Crippen LogP contribution is -2.26. The van der Waals surface area contributed by atoms with E-state index in [1.54, 1.807) is 7.11 Å². The van der Waals surface area contributed by atoms with Crippen LogP contribution in [-0.4, -0.2) is 39.5 Å². The van der Waals surface area contributed by atoms with Gasteiger partial charge >= 0.3 is 0 Å². The Morgan fingerprint density at radius 3 is 2.88 bits per heavy atom. The minimum atomic E-state index is 0.280. The van der Waals surface area contributed by atoms with Crippen molar-refractivity contribution in [2.24, 2.45) is 5.73 Å². The van der Waals surface area contributed by atoms with E-state index < -0.39 is 0 Å². The highest BCUT2D eigenvalue weighted by Gasteiger charge is 2.21. The van der Waals surface area contributed by atoms with Crippen LogP contribution < -0.4 is 15.4 Å². The second-order valence-corrected chi connectivity index (χ2v) is 4.30. The topological polar surface area (TPSA) is 47.7 Å². The SMILES string of the molecule is COCCOc1ccccc1N1CCC(N)C1. The molecule has 1 aliphatic rings. The second-order valence-electron chi connectivity index (χ2n) is 4.30. The Labute approximate surface area is 102 Å². The lowest BCUT2D eigenvalue weighted by molar-refractivity contribution is 0.146. The van der Waals surface area contributed by atoms with Gasteiger partial charge in [0.15, 0.2) is 0 Å². The Kier molecular flexibility index (Phi) is 4.23. The third-order valence-corrected chi connectivity index (χ3v) is 2.98. The van der Waals surface area contributed by atoms with Crippen molar-refractivity contribution in [3.63, 3.8) is 0 Å². The highest BCUT2D eigenvalue weighted by molar-refractivity contribution is 5.59. The summed E-state index contributed by atoms with van der Waals surface area (Å²) in [5.41, 5.74) is 7.07. The lowest BCUT2D eigenvalue weighted by atomic mass is 10.2. The Morgan fingerprint density at radius 1 is 1.35 bits per heavy atom. The maximum atomic E-state index is 5.93. The van der Waals surface area contributed by atoms with Crippen LogP contribution in [0.4, 0.5) is 5.69 Å². The Morgan fingerprint density at radius 2 is 2.18 bits per heavy atom. The smallest absolute Gasteiger partial charge is 0.142 e. The average Bonchev–Trinajstić information content (AvgIpc) is 2.77. The molecule has 0 radical (unpaired) electrons. The molecule has 0 spiro atoms. The van der Waals surface area contributed by atoms with Crippen LogP contribution >= 0.6 is 0 Å². The van der Waals surface area contributed by atoms with Crippen LogP contribution in [0.25, 0.3) is 0 Å². The average molecular weight is 236 g/mol. The Balaban J connectivity index is 2.05. The molecule has 1 aromatic carbocycles. The van der Waals surface area contributed by atoms with Crippen molar-refractivity contribution < 1.29 is 9.47 Å². The first-order valence-electron chi connectivity index (χ1n) is 6.02. The Hall–Kier alpha value is -1.26. The first kappa shape index (κ1) is 12.2. The van der Waals surface area contributed by atoms with E-state index in [4.69, 9.17) is 15.2 Å². The summed E-state index contributed by atoms with van der Waals surface area (Å²) in [5, 5.41) is 0. The quantitative estimate of drug-likeness (QED) is 0.782. The standard InChI is InChI=1S/C13H20N2O2/c1-16-8-9-17-13-5-3-2-4-12(13)15-7-6-11(14)10-15/h2-5,11H,6-10,14H2,1H3. The molecule has 0 aliphatic carbocycles. The number of hydrogen-bond acceptors (Lipinski definition) is 4. The van der Waals surface area contributed by atoms with Crippen molar-refractivity contribution >= 4 is 5.69 Å². The maximum absolute atomic E-state index is 5.93. The fraction of sp³-hybridized carbons (Fsp3) is 0.538. The molecule has 1 unspecified atom stereocenters. The number of methoxy groups -OCH3 is 1. The van der Waals surface area contributed by atoms with E-state index in [9.17, 15) is 0 Å². The number of nitrogens with two attached hydrogens (primary N) is 1. The van der Waals surface area contributed by atoms with Gasteiger partial charge in [0.2, 0.25) is 0 Å². The number of para-hydroxylation sites is 2. The Bertz CT molecular complexity index is 357. The predicted octanol–water partition coefficient (Wildman–Crippen LogP) is 1.25. The number of nitrogens with zero attached hydrogens (tertiary/aromatic N) is 1. The van der Waals surface area contributed by atoms with E-state index in [1.807, 2.05) is 18.2 Å². The molecule has 1 aliphatic heterocycles. The monoisotopic (exact) mass is 236 g/mol. The van der Waals surface area contributed by atoms with Gasteiger partial charge in [0.05, 0.1) is 12.3 Å². The van der Waals surface area contributed by atoms with Gasteiger partial charge in [-0.05, 0) is 18.6 Å². The van der Waals surface area contributed by atoms with Crippen molar-refractivity contribution in [3.8, 4) is 5.75 Å². The normalized spacial score (nSPS) is 19.6. The van der Waals surface area contributed by atoms with E-state index in [-0.39, 0.29) is 6.04 Å². The molecule has 2 N–H and O–H groups in total. The van der Waals surface area contributed by atoms with Crippen LogP contribution in [0.3, 0.4) is 0 Å². The van der Waals surface area contributed by atoms with Gasteiger partial charge in [-0.1, -0.05) is 12.1 Å². The van der Waals surface area contributed by atoms with Crippen LogP contribution in [0.15, 0.2) is 24.3 Å². The summed E-state index contributed by atoms with van der Waals surface area (Å²) in [7, 11) is 1.68. The maximum Gasteiger partial charge on any atom is 0.142 e. The number of rotatable bonds is 5. The molecule has 4 nitrogen and oxygen atoms in total. The van der Waals surface area contributed by atoms with Crippen LogP contribution in [0.1, 0.15) is 6.42 Å². The van der Waals surface area contributed by atoms with Crippen molar-refractivity contribution in [1.29, 1.82) is 0 Å². The number of ether oxygens (including phenoxy) is 2. The van der Waals surface area contributed by atoms with E-state index in [1.165, 1.54) is 0 Å². The fourth-order valence-electron chi connectivity index (χ4n) is 2.08. The third kappa shape index (κ3) is 3.11. The molecule has 0 bridgehead atoms. The van der Waals surface area contributed by atoms with E-state index in [2.05, 4.69) is 11.0 Å². The number of benzene rings is 1. The minimum absolute atomic E-state index is 0.280. The lowest BCUT2D eigenvalue weighted by Gasteiger charge is -2.21. The number of anilines is 1. The van der Waals surface area contributed by atoms with Gasteiger partial charge in [-0.15, -0.1) is 0 Å². The van der Waals surface area contributed by atoms with E-state index in [0.717, 1.165) is 30.9 Å². The van der Waals surface area contributed by atoms with Crippen LogP contribution in [0, 0.1) is 0 Å². The van der Waals surface area contributed by atoms with E-state index in [0.29, 0.717) is 13.2 Å². The van der Waals surface area contributed by atoms with Crippen LogP contribution in [0.5, 0.6) is 5.75 Å². The van der Waals surface area contributed by atoms with Crippen molar-refractivity contribution in [2.75, 3.05) is 38.3 Å². The summed E-state index contributed by atoms with van der Waals surface area (Å²) in [4.78, 5) is 2.28. The van der Waals surface area contributed by atoms with Gasteiger partial charge < -0.3 is 20.1 Å². The van der Waals surface area contributed by atoms with Crippen molar-refractivity contribution in [3.05, 3.63) is 24.3 Å². The van der Waals surface area contributed by atoms with Crippen LogP contribution in [0.2, 0.25) is 0 Å². The fourth-order valence-corrected chi connectivity index (χ4v) is 2.08. The predicted molar refractivity (Wildman–Crippen MR) is 68.6 cm³/mol. The summed E-state index contributed by atoms with van der Waals surface area (Å²) in [6.07, 6.45) is 1.05. The van der Waals surface area contributed by atoms with Crippen molar-refractivity contribution in [1.82, 2.24) is 0 Å². The van der Waals surface area contributed by atoms with E-state index >= 15 is 0 Å². The first-order chi connectivity index (χ1) is 8.31. The first-order valence-corrected chi connectivity index (χ1v) is 6.02. The molecule has 1 saturated heterocycles. The zero-order valence-corrected chi connectivity index (χ0v) is 10.3. The molecule has 17 heavy (non-hydrogen) atoms. The third-order valence-electron chi connectivity index (χ3n) is 2.98. The molecule has 94 valence electrons. The summed E-state index contributed by atoms with van der Waals surface area (Å²) in [6.45, 7) is 3.09. The molecule has 0 aromatic heterocycles. The van der Waals surface area contributed by atoms with Gasteiger partial charge in [0, 0.05) is 26.2 Å². The molecule has 1 heterocycles. The molecule has 1 fully saturated rings. The zero-order chi connectivity index (χ0) is 12.1. The summed E-state index contributed by atoms with van der Waals surface area (Å²) >= 11 is 0. The van der Waals surface area contributed by atoms with Gasteiger partial charge in [-0.3, -0.25) is 0 Å². The molecule has 4 heteroatoms. The van der Waals surface area contributed by atoms with Gasteiger partial charge in [-0.25, -0.2) is 0 Å². The van der Waals surface area contributed by atoms with Gasteiger partial charge in [-0.2, -0.15) is 0 Å². The van der Waals surface area contributed by atoms with Gasteiger partial charge in [0.1, 0.15) is 12.4 Å². The molecule has 0 saturated carbocycles. The summed E-state index contributed by atoms with van der Waals surface area (Å²) < 4.78 is 10.7. The van der Waals surface area contributed by atoms with Crippen LogP contribution in [-0.2, 0) is 4.74 Å². The largest absolute Gasteiger partial charge is 0.489 e. The van der Waals surface area contributed by atoms with Gasteiger partial charge in [0.25, 0.3) is 0 Å². The highest BCUT2D eigenvalue weighted by atomic mass is 16.5. The molecular formula is C13H20N2O2. The molecule has 1 atom stereocenters. The zero-order valence-electron chi connectivity index (χ0n) is 10.3.